The minimum Gasteiger partial charge on any atom is -0.448 e. The van der Waals surface area contributed by atoms with Gasteiger partial charge in [-0.2, -0.15) is 13.2 Å². The molecule has 0 unspecified atom stereocenters. The van der Waals surface area contributed by atoms with Crippen LogP contribution in [0.2, 0.25) is 0 Å². The molecule has 0 saturated carbocycles. The predicted octanol–water partition coefficient (Wildman–Crippen LogP) is 1.89. The van der Waals surface area contributed by atoms with E-state index in [1.807, 2.05) is 6.92 Å². The van der Waals surface area contributed by atoms with Gasteiger partial charge in [0.2, 0.25) is 0 Å². The summed E-state index contributed by atoms with van der Waals surface area (Å²) in [5.74, 6) is 0.625. The number of rotatable bonds is 4. The molecule has 0 bridgehead atoms. The first kappa shape index (κ1) is 11.0. The van der Waals surface area contributed by atoms with Gasteiger partial charge >= 0.3 is 6.18 Å². The Labute approximate surface area is 79.3 Å². The molecule has 3 nitrogen and oxygen atoms in total. The van der Waals surface area contributed by atoms with Crippen molar-refractivity contribution in [2.45, 2.75) is 26.1 Å². The molecule has 80 valence electrons. The molecule has 0 aromatic carbocycles. The van der Waals surface area contributed by atoms with Crippen LogP contribution < -0.4 is 5.32 Å². The zero-order valence-electron chi connectivity index (χ0n) is 7.69. The number of halogens is 3. The Bertz CT molecular complexity index is 282. The van der Waals surface area contributed by atoms with Crippen LogP contribution in [-0.4, -0.2) is 17.7 Å². The fourth-order valence-corrected chi connectivity index (χ4v) is 1.05. The van der Waals surface area contributed by atoms with Gasteiger partial charge in [-0.15, -0.1) is 0 Å². The van der Waals surface area contributed by atoms with Crippen molar-refractivity contribution in [2.75, 3.05) is 6.54 Å². The van der Waals surface area contributed by atoms with Gasteiger partial charge in [0.1, 0.15) is 5.76 Å². The lowest BCUT2D eigenvalue weighted by Crippen LogP contribution is -2.28. The maximum absolute atomic E-state index is 11.8. The average Bonchev–Trinajstić information content (AvgIpc) is 2.49. The van der Waals surface area contributed by atoms with Gasteiger partial charge in [-0.25, -0.2) is 4.98 Å². The summed E-state index contributed by atoms with van der Waals surface area (Å²) in [5, 5.41) is 2.25. The van der Waals surface area contributed by atoms with Crippen LogP contribution in [0.15, 0.2) is 10.8 Å². The number of aryl methyl sites for hydroxylation is 1. The quantitative estimate of drug-likeness (QED) is 0.821. The highest BCUT2D eigenvalue weighted by molar-refractivity contribution is 5.06. The molecule has 0 radical (unpaired) electrons. The van der Waals surface area contributed by atoms with Crippen molar-refractivity contribution in [1.82, 2.24) is 10.3 Å². The molecule has 1 aromatic heterocycles. The van der Waals surface area contributed by atoms with E-state index in [0.717, 1.165) is 0 Å². The molecular weight excluding hydrogens is 197 g/mol. The van der Waals surface area contributed by atoms with Crippen LogP contribution in [0.5, 0.6) is 0 Å². The van der Waals surface area contributed by atoms with E-state index in [0.29, 0.717) is 17.9 Å². The third-order valence-electron chi connectivity index (χ3n) is 1.66. The largest absolute Gasteiger partial charge is 0.448 e. The summed E-state index contributed by atoms with van der Waals surface area (Å²) in [6.07, 6.45) is -2.32. The van der Waals surface area contributed by atoms with E-state index in [9.17, 15) is 13.2 Å². The van der Waals surface area contributed by atoms with E-state index >= 15 is 0 Å². The molecule has 0 aliphatic heterocycles. The highest BCUT2D eigenvalue weighted by Gasteiger charge is 2.26. The molecule has 1 heterocycles. The van der Waals surface area contributed by atoms with Crippen molar-refractivity contribution in [1.29, 1.82) is 0 Å². The molecule has 0 amide bonds. The van der Waals surface area contributed by atoms with Gasteiger partial charge in [0.15, 0.2) is 6.39 Å². The van der Waals surface area contributed by atoms with E-state index in [-0.39, 0.29) is 6.54 Å². The van der Waals surface area contributed by atoms with Gasteiger partial charge in [0, 0.05) is 13.0 Å². The molecule has 6 heteroatoms. The van der Waals surface area contributed by atoms with Gasteiger partial charge < -0.3 is 9.73 Å². The number of nitrogens with one attached hydrogen (secondary N) is 1. The minimum absolute atomic E-state index is 0.0825. The lowest BCUT2D eigenvalue weighted by atomic mass is 10.3. The van der Waals surface area contributed by atoms with Crippen LogP contribution in [0.1, 0.15) is 18.4 Å². The number of hydrogen-bond donors (Lipinski definition) is 1. The summed E-state index contributed by atoms with van der Waals surface area (Å²) in [6.45, 7) is 0.927. The van der Waals surface area contributed by atoms with E-state index < -0.39 is 12.7 Å². The third-order valence-corrected chi connectivity index (χ3v) is 1.66. The number of nitrogens with zero attached hydrogens (tertiary/aromatic N) is 1. The minimum atomic E-state index is -4.18. The molecule has 0 spiro atoms. The Hall–Kier alpha value is -1.04. The molecule has 1 aromatic rings. The van der Waals surface area contributed by atoms with Crippen LogP contribution in [0.3, 0.4) is 0 Å². The molecule has 1 rings (SSSR count). The maximum atomic E-state index is 11.8. The molecule has 0 saturated heterocycles. The van der Waals surface area contributed by atoms with E-state index in [4.69, 9.17) is 4.42 Å². The molecule has 0 aliphatic carbocycles. The Morgan fingerprint density at radius 3 is 2.79 bits per heavy atom. The summed E-state index contributed by atoms with van der Waals surface area (Å²) in [6, 6.07) is 0. The summed E-state index contributed by atoms with van der Waals surface area (Å²) >= 11 is 0. The summed E-state index contributed by atoms with van der Waals surface area (Å²) in [5.41, 5.74) is 0.539. The van der Waals surface area contributed by atoms with Crippen molar-refractivity contribution in [2.24, 2.45) is 0 Å². The second-order valence-electron chi connectivity index (χ2n) is 2.79. The highest BCUT2D eigenvalue weighted by atomic mass is 19.4. The molecule has 1 N–H and O–H groups in total. The predicted molar refractivity (Wildman–Crippen MR) is 43.6 cm³/mol. The van der Waals surface area contributed by atoms with Crippen LogP contribution >= 0.6 is 0 Å². The van der Waals surface area contributed by atoms with Gasteiger partial charge in [-0.05, 0) is 0 Å². The zero-order valence-corrected chi connectivity index (χ0v) is 7.69. The Morgan fingerprint density at radius 2 is 2.21 bits per heavy atom. The highest BCUT2D eigenvalue weighted by Crippen LogP contribution is 2.13. The number of aromatic nitrogens is 1. The fourth-order valence-electron chi connectivity index (χ4n) is 1.05. The SMILES string of the molecule is CCc1ocnc1CNCC(F)(F)F. The smallest absolute Gasteiger partial charge is 0.401 e. The topological polar surface area (TPSA) is 38.1 Å². The second-order valence-corrected chi connectivity index (χ2v) is 2.79. The van der Waals surface area contributed by atoms with Crippen molar-refractivity contribution >= 4 is 0 Å². The Kier molecular flexibility index (Phi) is 3.51. The Balaban J connectivity index is 2.38. The van der Waals surface area contributed by atoms with E-state index in [1.165, 1.54) is 6.39 Å². The van der Waals surface area contributed by atoms with E-state index in [2.05, 4.69) is 10.3 Å². The van der Waals surface area contributed by atoms with Crippen molar-refractivity contribution in [3.63, 3.8) is 0 Å². The zero-order chi connectivity index (χ0) is 10.6. The second kappa shape index (κ2) is 4.45. The van der Waals surface area contributed by atoms with E-state index in [1.54, 1.807) is 0 Å². The fraction of sp³-hybridized carbons (Fsp3) is 0.625. The molecule has 0 aliphatic rings. The number of alkyl halides is 3. The normalized spacial score (nSPS) is 12.0. The van der Waals surface area contributed by atoms with Gasteiger partial charge in [0.05, 0.1) is 12.2 Å². The van der Waals surface area contributed by atoms with Crippen molar-refractivity contribution < 1.29 is 17.6 Å². The number of oxazole rings is 1. The van der Waals surface area contributed by atoms with Crippen molar-refractivity contribution in [3.8, 4) is 0 Å². The monoisotopic (exact) mass is 208 g/mol. The first-order valence-electron chi connectivity index (χ1n) is 4.21. The van der Waals surface area contributed by atoms with Gasteiger partial charge in [-0.3, -0.25) is 0 Å². The van der Waals surface area contributed by atoms with Crippen LogP contribution in [0.4, 0.5) is 13.2 Å². The lowest BCUT2D eigenvalue weighted by Gasteiger charge is -2.06. The van der Waals surface area contributed by atoms with Gasteiger partial charge in [-0.1, -0.05) is 6.92 Å². The summed E-state index contributed by atoms with van der Waals surface area (Å²) in [7, 11) is 0. The molecule has 14 heavy (non-hydrogen) atoms. The standard InChI is InChI=1S/C8H11F3N2O/c1-2-7-6(13-5-14-7)3-12-4-8(9,10)11/h5,12H,2-4H2,1H3. The summed E-state index contributed by atoms with van der Waals surface area (Å²) < 4.78 is 40.2. The molecule has 0 atom stereocenters. The first-order chi connectivity index (χ1) is 6.53. The van der Waals surface area contributed by atoms with Crippen LogP contribution in [0, 0.1) is 0 Å². The maximum Gasteiger partial charge on any atom is 0.401 e. The van der Waals surface area contributed by atoms with Crippen molar-refractivity contribution in [3.05, 3.63) is 17.8 Å². The summed E-state index contributed by atoms with van der Waals surface area (Å²) in [4.78, 5) is 3.81. The molecule has 0 fully saturated rings. The lowest BCUT2D eigenvalue weighted by molar-refractivity contribution is -0.125. The average molecular weight is 208 g/mol. The number of hydrogen-bond acceptors (Lipinski definition) is 3. The Morgan fingerprint density at radius 1 is 1.50 bits per heavy atom. The van der Waals surface area contributed by atoms with Gasteiger partial charge in [0.25, 0.3) is 0 Å². The third kappa shape index (κ3) is 3.37. The molecular formula is C8H11F3N2O. The van der Waals surface area contributed by atoms with Crippen LogP contribution in [0.25, 0.3) is 0 Å². The van der Waals surface area contributed by atoms with Crippen LogP contribution in [-0.2, 0) is 13.0 Å². The first-order valence-corrected chi connectivity index (χ1v) is 4.21.